The van der Waals surface area contributed by atoms with E-state index in [1.807, 2.05) is 48.5 Å². The standard InChI is InChI=1S/C36H38N5O6.K/c1-36(2,3)23-18-30(34(45-5)32(19-23)46-15-14-42)41-40-29-10-11-31(28-9-7-6-8-27(28)29)47-25-12-13-38-33(21-25)39-24-16-22(35(37)43)17-26(20-24)44-4;/h6-13,16-21,41-42H,14-15H2,1-5H3,(H2,37,43)(H,38,39);/q-1;+1. The Bertz CT molecular complexity index is 1900. The van der Waals surface area contributed by atoms with E-state index in [2.05, 4.69) is 36.5 Å². The maximum absolute atomic E-state index is 11.8. The van der Waals surface area contributed by atoms with Crippen LogP contribution in [0.15, 0.2) is 85.1 Å². The molecule has 48 heavy (non-hydrogen) atoms. The fourth-order valence-corrected chi connectivity index (χ4v) is 4.90. The second kappa shape index (κ2) is 16.4. The van der Waals surface area contributed by atoms with E-state index in [4.69, 9.17) is 30.1 Å². The van der Waals surface area contributed by atoms with Gasteiger partial charge in [0.2, 0.25) is 5.91 Å². The first kappa shape index (κ1) is 36.8. The van der Waals surface area contributed by atoms with E-state index in [1.165, 1.54) is 7.11 Å². The number of nitrogens with one attached hydrogen (secondary N) is 2. The Labute approximate surface area is 322 Å². The van der Waals surface area contributed by atoms with Crippen LogP contribution < -0.4 is 86.8 Å². The van der Waals surface area contributed by atoms with Crippen LogP contribution in [0.5, 0.6) is 28.7 Å². The molecule has 5 N–H and O–H groups in total. The van der Waals surface area contributed by atoms with Crippen LogP contribution >= 0.6 is 0 Å². The third-order valence-corrected chi connectivity index (χ3v) is 7.29. The molecule has 0 spiro atoms. The van der Waals surface area contributed by atoms with E-state index in [-0.39, 0.29) is 70.0 Å². The Morgan fingerprint density at radius 3 is 2.38 bits per heavy atom. The summed E-state index contributed by atoms with van der Waals surface area (Å²) >= 11 is 0. The zero-order chi connectivity index (χ0) is 33.6. The number of nitrogens with two attached hydrogens (primary N) is 1. The van der Waals surface area contributed by atoms with Crippen molar-refractivity contribution in [2.24, 2.45) is 5.73 Å². The molecule has 244 valence electrons. The zero-order valence-electron chi connectivity index (χ0n) is 28.0. The number of hydrogen-bond acceptors (Lipinski definition) is 9. The van der Waals surface area contributed by atoms with Gasteiger partial charge in [-0.05, 0) is 52.8 Å². The van der Waals surface area contributed by atoms with E-state index in [0.29, 0.717) is 57.2 Å². The third-order valence-electron chi connectivity index (χ3n) is 7.29. The molecule has 1 heterocycles. The van der Waals surface area contributed by atoms with Gasteiger partial charge in [-0.1, -0.05) is 51.1 Å². The molecular formula is C36H38KN5O6. The van der Waals surface area contributed by atoms with Crippen LogP contribution in [0, 0.1) is 0 Å². The number of fused-ring (bicyclic) bond motifs is 1. The van der Waals surface area contributed by atoms with Crippen LogP contribution in [0.2, 0.25) is 0 Å². The van der Waals surface area contributed by atoms with Crippen LogP contribution in [0.1, 0.15) is 36.7 Å². The first-order chi connectivity index (χ1) is 22.6. The maximum atomic E-state index is 11.8. The van der Waals surface area contributed by atoms with Crippen molar-refractivity contribution in [3.8, 4) is 28.7 Å². The van der Waals surface area contributed by atoms with Crippen molar-refractivity contribution in [2.75, 3.05) is 38.2 Å². The predicted octanol–water partition coefficient (Wildman–Crippen LogP) is 4.59. The van der Waals surface area contributed by atoms with Crippen molar-refractivity contribution in [3.63, 3.8) is 0 Å². The second-order valence-corrected chi connectivity index (χ2v) is 11.6. The summed E-state index contributed by atoms with van der Waals surface area (Å²) in [5, 5.41) is 14.2. The fraction of sp³-hybridized carbons (Fsp3) is 0.222. The monoisotopic (exact) mass is 675 g/mol. The summed E-state index contributed by atoms with van der Waals surface area (Å²) in [6.07, 6.45) is 1.63. The van der Waals surface area contributed by atoms with E-state index in [1.54, 1.807) is 43.6 Å². The number of methoxy groups -OCH3 is 2. The number of hydrogen-bond donors (Lipinski definition) is 4. The molecule has 0 unspecified atom stereocenters. The van der Waals surface area contributed by atoms with E-state index >= 15 is 0 Å². The maximum Gasteiger partial charge on any atom is 1.00 e. The number of nitrogens with zero attached hydrogens (tertiary/aromatic N) is 2. The average Bonchev–Trinajstić information content (AvgIpc) is 3.06. The number of pyridine rings is 1. The number of primary amides is 1. The molecule has 11 nitrogen and oxygen atoms in total. The van der Waals surface area contributed by atoms with E-state index < -0.39 is 5.91 Å². The minimum absolute atomic E-state index is 0. The normalized spacial score (nSPS) is 10.9. The van der Waals surface area contributed by atoms with Crippen LogP contribution in [0.4, 0.5) is 22.9 Å². The van der Waals surface area contributed by atoms with Gasteiger partial charge in [0.05, 0.1) is 26.5 Å². The Morgan fingerprint density at radius 2 is 1.69 bits per heavy atom. The molecule has 0 aliphatic heterocycles. The molecule has 0 saturated carbocycles. The minimum atomic E-state index is -0.566. The summed E-state index contributed by atoms with van der Waals surface area (Å²) in [5.41, 5.74) is 16.5. The first-order valence-corrected chi connectivity index (χ1v) is 14.9. The molecule has 4 aromatic carbocycles. The van der Waals surface area contributed by atoms with E-state index in [0.717, 1.165) is 16.3 Å². The van der Waals surface area contributed by atoms with Gasteiger partial charge < -0.3 is 46.0 Å². The van der Waals surface area contributed by atoms with Gasteiger partial charge in [-0.2, -0.15) is 0 Å². The number of ether oxygens (including phenoxy) is 4. The summed E-state index contributed by atoms with van der Waals surface area (Å²) in [5.74, 6) is 2.60. The quantitative estimate of drug-likeness (QED) is 0.104. The van der Waals surface area contributed by atoms with Gasteiger partial charge in [-0.3, -0.25) is 4.79 Å². The molecule has 0 atom stereocenters. The Morgan fingerprint density at radius 1 is 0.917 bits per heavy atom. The summed E-state index contributed by atoms with van der Waals surface area (Å²) in [7, 11) is 3.09. The van der Waals surface area contributed by atoms with Gasteiger partial charge >= 0.3 is 51.4 Å². The summed E-state index contributed by atoms with van der Waals surface area (Å²) in [6, 6.07) is 23.9. The largest absolute Gasteiger partial charge is 1.00 e. The first-order valence-electron chi connectivity index (χ1n) is 14.9. The fourth-order valence-electron chi connectivity index (χ4n) is 4.90. The van der Waals surface area contributed by atoms with Crippen molar-refractivity contribution >= 4 is 39.6 Å². The van der Waals surface area contributed by atoms with Gasteiger partial charge in [0, 0.05) is 35.0 Å². The predicted molar refractivity (Wildman–Crippen MR) is 184 cm³/mol. The number of carbonyl (C=O) groups excluding carboxylic acids is 1. The van der Waals surface area contributed by atoms with E-state index in [9.17, 15) is 9.90 Å². The molecule has 0 saturated heterocycles. The molecule has 12 heteroatoms. The Hall–Kier alpha value is -4.04. The van der Waals surface area contributed by atoms with Gasteiger partial charge in [0.15, 0.2) is 11.5 Å². The van der Waals surface area contributed by atoms with Crippen LogP contribution in [-0.2, 0) is 5.41 Å². The topological polar surface area (TPSA) is 151 Å². The summed E-state index contributed by atoms with van der Waals surface area (Å²) < 4.78 is 23.1. The van der Waals surface area contributed by atoms with Gasteiger partial charge in [-0.15, -0.1) is 5.69 Å². The number of amides is 1. The third kappa shape index (κ3) is 8.89. The molecule has 5 aromatic rings. The zero-order valence-corrected chi connectivity index (χ0v) is 31.1. The Balaban J connectivity index is 0.00000520. The van der Waals surface area contributed by atoms with Crippen molar-refractivity contribution in [2.45, 2.75) is 26.2 Å². The molecule has 5 rings (SSSR count). The van der Waals surface area contributed by atoms with Gasteiger partial charge in [0.25, 0.3) is 0 Å². The molecule has 1 aromatic heterocycles. The van der Waals surface area contributed by atoms with Gasteiger partial charge in [0.1, 0.15) is 29.7 Å². The number of rotatable bonds is 13. The molecule has 0 fully saturated rings. The number of anilines is 3. The summed E-state index contributed by atoms with van der Waals surface area (Å²) in [4.78, 5) is 16.2. The SMILES string of the molecule is COc1cc(Nc2cc(Oc3ccc([N-]Nc4cc(C(C)(C)C)cc(OCCO)c4OC)c4ccccc34)ccn2)cc(C(N)=O)c1.[K+]. The van der Waals surface area contributed by atoms with Gasteiger partial charge in [-0.25, -0.2) is 4.98 Å². The number of aliphatic hydroxyl groups is 1. The molecule has 0 bridgehead atoms. The molecule has 0 aliphatic rings. The molecule has 1 amide bonds. The molecular weight excluding hydrogens is 638 g/mol. The summed E-state index contributed by atoms with van der Waals surface area (Å²) in [6.45, 7) is 6.35. The van der Waals surface area contributed by atoms with Crippen LogP contribution in [-0.4, -0.2) is 43.4 Å². The van der Waals surface area contributed by atoms with Crippen LogP contribution in [0.3, 0.4) is 0 Å². The average molecular weight is 676 g/mol. The minimum Gasteiger partial charge on any atom is -0.597 e. The second-order valence-electron chi connectivity index (χ2n) is 11.6. The van der Waals surface area contributed by atoms with Crippen LogP contribution in [0.25, 0.3) is 16.2 Å². The van der Waals surface area contributed by atoms with Crippen molar-refractivity contribution in [1.29, 1.82) is 0 Å². The molecule has 0 aliphatic carbocycles. The Kier molecular flexibility index (Phi) is 12.5. The number of carbonyl (C=O) groups is 1. The number of aliphatic hydroxyl groups excluding tert-OH is 1. The van der Waals surface area contributed by atoms with Crippen molar-refractivity contribution in [3.05, 3.63) is 102 Å². The number of benzene rings is 4. The number of aromatic nitrogens is 1. The van der Waals surface area contributed by atoms with Crippen molar-refractivity contribution < 1.29 is 80.2 Å². The van der Waals surface area contributed by atoms with Crippen molar-refractivity contribution in [1.82, 2.24) is 4.98 Å². The smallest absolute Gasteiger partial charge is 0.597 e. The molecule has 0 radical (unpaired) electrons.